The molecule has 1 aromatic carbocycles. The van der Waals surface area contributed by atoms with E-state index in [-0.39, 0.29) is 18.1 Å². The van der Waals surface area contributed by atoms with Gasteiger partial charge in [0.2, 0.25) is 0 Å². The number of para-hydroxylation sites is 1. The van der Waals surface area contributed by atoms with Crippen molar-refractivity contribution >= 4 is 5.91 Å². The summed E-state index contributed by atoms with van der Waals surface area (Å²) in [5.41, 5.74) is 0.585. The Balaban J connectivity index is 1.43. The zero-order valence-corrected chi connectivity index (χ0v) is 13.8. The van der Waals surface area contributed by atoms with E-state index in [0.29, 0.717) is 43.4 Å². The van der Waals surface area contributed by atoms with Gasteiger partial charge < -0.3 is 19.5 Å². The lowest BCUT2D eigenvalue weighted by Gasteiger charge is -2.39. The minimum Gasteiger partial charge on any atom is -0.486 e. The van der Waals surface area contributed by atoms with Gasteiger partial charge in [0.1, 0.15) is 13.2 Å². The zero-order chi connectivity index (χ0) is 16.5. The Morgan fingerprint density at radius 1 is 1.08 bits per heavy atom. The molecule has 2 atom stereocenters. The zero-order valence-electron chi connectivity index (χ0n) is 13.8. The minimum atomic E-state index is -0.209. The summed E-state index contributed by atoms with van der Waals surface area (Å²) in [4.78, 5) is 17.1. The molecule has 0 bridgehead atoms. The fourth-order valence-electron chi connectivity index (χ4n) is 4.02. The minimum absolute atomic E-state index is 0.00368. The van der Waals surface area contributed by atoms with Crippen LogP contribution < -0.4 is 9.47 Å². The van der Waals surface area contributed by atoms with Gasteiger partial charge in [-0.15, -0.1) is 0 Å². The van der Waals surface area contributed by atoms with E-state index < -0.39 is 0 Å². The van der Waals surface area contributed by atoms with Crippen molar-refractivity contribution in [1.29, 1.82) is 0 Å². The van der Waals surface area contributed by atoms with E-state index >= 15 is 0 Å². The summed E-state index contributed by atoms with van der Waals surface area (Å²) in [6.07, 6.45) is 2.85. The Morgan fingerprint density at radius 2 is 1.88 bits per heavy atom. The maximum atomic E-state index is 12.9. The molecule has 6 heteroatoms. The van der Waals surface area contributed by atoms with Crippen LogP contribution in [0.15, 0.2) is 18.2 Å². The first kappa shape index (κ1) is 15.7. The Hall–Kier alpha value is -1.79. The van der Waals surface area contributed by atoms with Gasteiger partial charge in [-0.1, -0.05) is 6.07 Å². The van der Waals surface area contributed by atoms with E-state index in [1.54, 1.807) is 0 Å². The molecular weight excluding hydrogens is 308 g/mol. The van der Waals surface area contributed by atoms with E-state index in [4.69, 9.17) is 9.47 Å². The molecule has 130 valence electrons. The van der Waals surface area contributed by atoms with Gasteiger partial charge in [-0.25, -0.2) is 0 Å². The number of carbonyl (C=O) groups excluding carboxylic acids is 1. The number of rotatable bonds is 2. The highest BCUT2D eigenvalue weighted by Crippen LogP contribution is 2.34. The highest BCUT2D eigenvalue weighted by atomic mass is 16.6. The van der Waals surface area contributed by atoms with Gasteiger partial charge in [0.15, 0.2) is 11.5 Å². The summed E-state index contributed by atoms with van der Waals surface area (Å²) >= 11 is 0. The third-order valence-corrected chi connectivity index (χ3v) is 5.31. The van der Waals surface area contributed by atoms with E-state index in [1.165, 1.54) is 0 Å². The summed E-state index contributed by atoms with van der Waals surface area (Å²) in [6.45, 7) is 4.01. The lowest BCUT2D eigenvalue weighted by Crippen LogP contribution is -2.53. The smallest absolute Gasteiger partial charge is 0.257 e. The average Bonchev–Trinajstić information content (AvgIpc) is 3.07. The first-order valence-corrected chi connectivity index (χ1v) is 8.84. The van der Waals surface area contributed by atoms with Crippen LogP contribution in [0.1, 0.15) is 29.6 Å². The number of fused-ring (bicyclic) bond motifs is 1. The fourth-order valence-corrected chi connectivity index (χ4v) is 4.02. The highest BCUT2D eigenvalue weighted by Gasteiger charge is 2.34. The van der Waals surface area contributed by atoms with E-state index in [0.717, 1.165) is 32.4 Å². The van der Waals surface area contributed by atoms with Gasteiger partial charge >= 0.3 is 0 Å². The van der Waals surface area contributed by atoms with Crippen LogP contribution in [0.2, 0.25) is 0 Å². The topological polar surface area (TPSA) is 62.2 Å². The van der Waals surface area contributed by atoms with E-state index in [9.17, 15) is 9.90 Å². The quantitative estimate of drug-likeness (QED) is 0.880. The molecule has 24 heavy (non-hydrogen) atoms. The number of nitrogens with zero attached hydrogens (tertiary/aromatic N) is 2. The largest absolute Gasteiger partial charge is 0.486 e. The summed E-state index contributed by atoms with van der Waals surface area (Å²) in [7, 11) is 0. The van der Waals surface area contributed by atoms with Crippen LogP contribution in [0.4, 0.5) is 0 Å². The molecule has 1 aromatic rings. The third-order valence-electron chi connectivity index (χ3n) is 5.31. The number of piperazine rings is 1. The normalized spacial score (nSPS) is 27.3. The molecule has 1 saturated heterocycles. The summed E-state index contributed by atoms with van der Waals surface area (Å²) in [6, 6.07) is 5.75. The molecule has 6 nitrogen and oxygen atoms in total. The Morgan fingerprint density at radius 3 is 2.62 bits per heavy atom. The van der Waals surface area contributed by atoms with Crippen LogP contribution in [-0.2, 0) is 0 Å². The maximum absolute atomic E-state index is 12.9. The molecule has 1 saturated carbocycles. The molecular formula is C18H24N2O4. The van der Waals surface area contributed by atoms with Crippen molar-refractivity contribution in [2.75, 3.05) is 39.4 Å². The van der Waals surface area contributed by atoms with E-state index in [2.05, 4.69) is 4.90 Å². The molecule has 0 aromatic heterocycles. The van der Waals surface area contributed by atoms with Crippen LogP contribution >= 0.6 is 0 Å². The summed E-state index contributed by atoms with van der Waals surface area (Å²) in [5, 5.41) is 10.1. The molecule has 1 N–H and O–H groups in total. The van der Waals surface area contributed by atoms with Gasteiger partial charge in [-0.2, -0.15) is 0 Å². The predicted molar refractivity (Wildman–Crippen MR) is 88.6 cm³/mol. The monoisotopic (exact) mass is 332 g/mol. The molecule has 0 spiro atoms. The molecule has 4 rings (SSSR count). The average molecular weight is 332 g/mol. The summed E-state index contributed by atoms with van der Waals surface area (Å²) < 4.78 is 11.2. The third kappa shape index (κ3) is 2.84. The first-order chi connectivity index (χ1) is 11.7. The number of hydrogen-bond acceptors (Lipinski definition) is 5. The number of carbonyl (C=O) groups is 1. The second-order valence-corrected chi connectivity index (χ2v) is 6.72. The van der Waals surface area contributed by atoms with Crippen LogP contribution in [0.5, 0.6) is 11.5 Å². The van der Waals surface area contributed by atoms with Crippen molar-refractivity contribution in [2.45, 2.75) is 31.4 Å². The molecule has 3 aliphatic rings. The Labute approximate surface area is 141 Å². The number of aliphatic hydroxyl groups is 1. The molecule has 1 amide bonds. The van der Waals surface area contributed by atoms with Crippen molar-refractivity contribution in [3.8, 4) is 11.5 Å². The highest BCUT2D eigenvalue weighted by molar-refractivity contribution is 5.98. The lowest BCUT2D eigenvalue weighted by atomic mass is 10.1. The van der Waals surface area contributed by atoms with Gasteiger partial charge in [-0.3, -0.25) is 9.69 Å². The Bertz CT molecular complexity index is 613. The van der Waals surface area contributed by atoms with Crippen molar-refractivity contribution < 1.29 is 19.4 Å². The molecule has 1 aliphatic carbocycles. The van der Waals surface area contributed by atoms with E-state index in [1.807, 2.05) is 23.1 Å². The number of aliphatic hydroxyl groups excluding tert-OH is 1. The first-order valence-electron chi connectivity index (χ1n) is 8.84. The van der Waals surface area contributed by atoms with Crippen molar-refractivity contribution in [3.05, 3.63) is 23.8 Å². The molecule has 2 aliphatic heterocycles. The number of amides is 1. The predicted octanol–water partition coefficient (Wildman–Crippen LogP) is 1.13. The molecule has 2 heterocycles. The maximum Gasteiger partial charge on any atom is 0.257 e. The van der Waals surface area contributed by atoms with Crippen LogP contribution in [-0.4, -0.2) is 72.4 Å². The van der Waals surface area contributed by atoms with Crippen LogP contribution in [0, 0.1) is 0 Å². The van der Waals surface area contributed by atoms with Gasteiger partial charge in [0.25, 0.3) is 5.91 Å². The van der Waals surface area contributed by atoms with Crippen molar-refractivity contribution in [3.63, 3.8) is 0 Å². The van der Waals surface area contributed by atoms with Crippen molar-refractivity contribution in [2.24, 2.45) is 0 Å². The molecule has 0 unspecified atom stereocenters. The number of hydrogen-bond donors (Lipinski definition) is 1. The second-order valence-electron chi connectivity index (χ2n) is 6.72. The molecule has 0 radical (unpaired) electrons. The van der Waals surface area contributed by atoms with Gasteiger partial charge in [0, 0.05) is 32.2 Å². The number of ether oxygens (including phenoxy) is 2. The fraction of sp³-hybridized carbons (Fsp3) is 0.611. The number of benzene rings is 1. The van der Waals surface area contributed by atoms with Crippen LogP contribution in [0.3, 0.4) is 0 Å². The molecule has 2 fully saturated rings. The SMILES string of the molecule is O=C(c1cccc2c1OCCO2)N1CCN([C@H]2CCC[C@@H]2O)CC1. The lowest BCUT2D eigenvalue weighted by molar-refractivity contribution is 0.0312. The van der Waals surface area contributed by atoms with Gasteiger partial charge in [0.05, 0.1) is 11.7 Å². The van der Waals surface area contributed by atoms with Crippen molar-refractivity contribution in [1.82, 2.24) is 9.80 Å². The standard InChI is InChI=1S/C18H24N2O4/c21-15-5-2-4-14(15)19-7-9-20(10-8-19)18(22)13-3-1-6-16-17(13)24-12-11-23-16/h1,3,6,14-15,21H,2,4-5,7-12H2/t14-,15-/m0/s1. The summed E-state index contributed by atoms with van der Waals surface area (Å²) in [5.74, 6) is 1.23. The van der Waals surface area contributed by atoms with Crippen LogP contribution in [0.25, 0.3) is 0 Å². The van der Waals surface area contributed by atoms with Gasteiger partial charge in [-0.05, 0) is 31.4 Å². The Kier molecular flexibility index (Phi) is 4.33. The second kappa shape index (κ2) is 6.61.